The lowest BCUT2D eigenvalue weighted by molar-refractivity contribution is -0.209. The number of rotatable bonds is 3. The fourth-order valence-corrected chi connectivity index (χ4v) is 6.15. The van der Waals surface area contributed by atoms with Gasteiger partial charge in [0, 0.05) is 12.1 Å². The molecule has 4 aliphatic heterocycles. The summed E-state index contributed by atoms with van der Waals surface area (Å²) in [7, 11) is 0. The predicted molar refractivity (Wildman–Crippen MR) is 122 cm³/mol. The molecule has 5 rings (SSSR count). The summed E-state index contributed by atoms with van der Waals surface area (Å²) in [6.45, 7) is 1.24. The first-order valence-corrected chi connectivity index (χ1v) is 12.9. The molecule has 0 amide bonds. The number of hydrogen-bond acceptors (Lipinski definition) is 6. The summed E-state index contributed by atoms with van der Waals surface area (Å²) in [5, 5.41) is 3.37. The molecule has 34 heavy (non-hydrogen) atoms. The number of ether oxygens (including phenoxy) is 2. The second kappa shape index (κ2) is 10.8. The lowest BCUT2D eigenvalue weighted by atomic mass is 9.88. The highest BCUT2D eigenvalue weighted by molar-refractivity contribution is 5.13. The number of hydrazine groups is 1. The zero-order valence-electron chi connectivity index (χ0n) is 19.6. The predicted octanol–water partition coefficient (Wildman–Crippen LogP) is 4.03. The van der Waals surface area contributed by atoms with Crippen molar-refractivity contribution in [2.75, 3.05) is 6.54 Å². The minimum atomic E-state index is -4.21. The van der Waals surface area contributed by atoms with Gasteiger partial charge < -0.3 is 9.47 Å². The summed E-state index contributed by atoms with van der Waals surface area (Å²) in [6, 6.07) is 10.1. The Balaban J connectivity index is 1.31. The third kappa shape index (κ3) is 5.60. The van der Waals surface area contributed by atoms with Crippen LogP contribution in [0.25, 0.3) is 0 Å². The van der Waals surface area contributed by atoms with Crippen molar-refractivity contribution in [2.24, 2.45) is 5.92 Å². The van der Waals surface area contributed by atoms with E-state index in [9.17, 15) is 13.2 Å². The summed E-state index contributed by atoms with van der Waals surface area (Å²) in [5.74, 6) is -1.34. The zero-order valence-corrected chi connectivity index (χ0v) is 19.6. The van der Waals surface area contributed by atoms with Crippen LogP contribution in [0.5, 0.6) is 0 Å². The van der Waals surface area contributed by atoms with Gasteiger partial charge in [0.1, 0.15) is 12.5 Å². The van der Waals surface area contributed by atoms with Crippen LogP contribution < -0.4 is 16.2 Å². The standard InChI is InChI=1S/C25H37F3N4O2/c26-25(27,28)19-13-14-20-23-30-31-24(34-23)21(33-16-17-8-3-1-4-9-17)12-6-2-5-10-18-11-7-15-32(18)22(19)29-20/h1,3-4,8-9,18-24,29-31H,2,5-7,10-16H2/t18-,19?,20?,21?,22?,23?,24?/m0/s1. The molecule has 0 saturated carbocycles. The van der Waals surface area contributed by atoms with E-state index in [-0.39, 0.29) is 30.8 Å². The first-order valence-electron chi connectivity index (χ1n) is 12.9. The van der Waals surface area contributed by atoms with Crippen molar-refractivity contribution in [3.05, 3.63) is 35.9 Å². The zero-order chi connectivity index (χ0) is 23.5. The largest absolute Gasteiger partial charge is 0.394 e. The van der Waals surface area contributed by atoms with Crippen LogP contribution >= 0.6 is 0 Å². The van der Waals surface area contributed by atoms with Crippen molar-refractivity contribution in [3.8, 4) is 0 Å². The molecule has 6 nitrogen and oxygen atoms in total. The van der Waals surface area contributed by atoms with Crippen molar-refractivity contribution in [2.45, 2.75) is 107 Å². The van der Waals surface area contributed by atoms with Gasteiger partial charge in [0.15, 0.2) is 0 Å². The lowest BCUT2D eigenvalue weighted by Crippen LogP contribution is -2.64. The Bertz CT molecular complexity index is 783. The minimum Gasteiger partial charge on any atom is -0.369 e. The number of benzene rings is 1. The molecule has 4 fully saturated rings. The van der Waals surface area contributed by atoms with E-state index in [0.29, 0.717) is 13.0 Å². The van der Waals surface area contributed by atoms with Crippen molar-refractivity contribution in [1.82, 2.24) is 21.1 Å². The van der Waals surface area contributed by atoms with Crippen molar-refractivity contribution in [3.63, 3.8) is 0 Å². The van der Waals surface area contributed by atoms with Crippen LogP contribution in [0.15, 0.2) is 30.3 Å². The molecule has 190 valence electrons. The molecule has 4 bridgehead atoms. The third-order valence-corrected chi connectivity index (χ3v) is 7.95. The number of hydrogen-bond donors (Lipinski definition) is 3. The summed E-state index contributed by atoms with van der Waals surface area (Å²) in [6.07, 6.45) is 1.65. The average molecular weight is 483 g/mol. The Kier molecular flexibility index (Phi) is 7.77. The normalized spacial score (nSPS) is 37.8. The van der Waals surface area contributed by atoms with Crippen molar-refractivity contribution < 1.29 is 22.6 Å². The summed E-state index contributed by atoms with van der Waals surface area (Å²) in [5.41, 5.74) is 7.55. The number of alkyl halides is 3. The molecule has 1 aromatic carbocycles. The van der Waals surface area contributed by atoms with Crippen LogP contribution in [0.3, 0.4) is 0 Å². The Morgan fingerprint density at radius 1 is 0.912 bits per heavy atom. The number of fused-ring (bicyclic) bond motifs is 7. The second-order valence-electron chi connectivity index (χ2n) is 10.2. The van der Waals surface area contributed by atoms with E-state index in [1.807, 2.05) is 30.3 Å². The molecular formula is C25H37F3N4O2. The van der Waals surface area contributed by atoms with Gasteiger partial charge in [-0.05, 0) is 50.6 Å². The second-order valence-corrected chi connectivity index (χ2v) is 10.2. The van der Waals surface area contributed by atoms with Gasteiger partial charge in [0.25, 0.3) is 0 Å². The lowest BCUT2D eigenvalue weighted by Gasteiger charge is -2.46. The van der Waals surface area contributed by atoms with Gasteiger partial charge in [-0.1, -0.05) is 49.6 Å². The summed E-state index contributed by atoms with van der Waals surface area (Å²) >= 11 is 0. The number of nitrogens with one attached hydrogen (secondary N) is 3. The molecule has 9 heteroatoms. The number of nitrogens with zero attached hydrogens (tertiary/aromatic N) is 1. The number of piperidine rings is 1. The van der Waals surface area contributed by atoms with E-state index in [4.69, 9.17) is 9.47 Å². The Hall–Kier alpha value is -1.23. The van der Waals surface area contributed by atoms with Gasteiger partial charge in [0.2, 0.25) is 0 Å². The van der Waals surface area contributed by atoms with Crippen LogP contribution in [0.2, 0.25) is 0 Å². The molecule has 0 aliphatic carbocycles. The van der Waals surface area contributed by atoms with Crippen LogP contribution in [0.1, 0.15) is 63.4 Å². The number of halogens is 3. The first kappa shape index (κ1) is 24.5. The van der Waals surface area contributed by atoms with Crippen LogP contribution in [0, 0.1) is 5.92 Å². The molecule has 1 aromatic rings. The maximum Gasteiger partial charge on any atom is 0.394 e. The van der Waals surface area contributed by atoms with E-state index in [1.54, 1.807) is 0 Å². The summed E-state index contributed by atoms with van der Waals surface area (Å²) < 4.78 is 54.6. The molecule has 0 spiro atoms. The highest BCUT2D eigenvalue weighted by Crippen LogP contribution is 2.40. The van der Waals surface area contributed by atoms with Gasteiger partial charge in [0.05, 0.1) is 24.8 Å². The van der Waals surface area contributed by atoms with Gasteiger partial charge in [-0.3, -0.25) is 10.2 Å². The molecular weight excluding hydrogens is 445 g/mol. The van der Waals surface area contributed by atoms with Crippen molar-refractivity contribution in [1.29, 1.82) is 0 Å². The Labute approximate surface area is 199 Å². The minimum absolute atomic E-state index is 0.120. The van der Waals surface area contributed by atoms with Crippen LogP contribution in [0.4, 0.5) is 13.2 Å². The Morgan fingerprint density at radius 3 is 2.50 bits per heavy atom. The van der Waals surface area contributed by atoms with Gasteiger partial charge >= 0.3 is 6.18 Å². The van der Waals surface area contributed by atoms with Crippen molar-refractivity contribution >= 4 is 0 Å². The molecule has 4 heterocycles. The topological polar surface area (TPSA) is 57.8 Å². The van der Waals surface area contributed by atoms with E-state index in [0.717, 1.165) is 57.1 Å². The highest BCUT2D eigenvalue weighted by atomic mass is 19.4. The van der Waals surface area contributed by atoms with E-state index in [1.165, 1.54) is 0 Å². The molecule has 4 saturated heterocycles. The summed E-state index contributed by atoms with van der Waals surface area (Å²) in [4.78, 5) is 2.11. The SMILES string of the molecule is FC(F)(F)C1CCC2NC1N1CCC[C@@H]1CCCCCC(OCc1ccccc1)C1NNC2O1. The fourth-order valence-electron chi connectivity index (χ4n) is 6.15. The van der Waals surface area contributed by atoms with Gasteiger partial charge in [-0.25, -0.2) is 10.9 Å². The van der Waals surface area contributed by atoms with Crippen LogP contribution in [-0.4, -0.2) is 54.4 Å². The fraction of sp³-hybridized carbons (Fsp3) is 0.760. The van der Waals surface area contributed by atoms with Gasteiger partial charge in [-0.15, -0.1) is 0 Å². The molecule has 6 unspecified atom stereocenters. The van der Waals surface area contributed by atoms with E-state index < -0.39 is 24.5 Å². The Morgan fingerprint density at radius 2 is 1.68 bits per heavy atom. The molecule has 3 N–H and O–H groups in total. The maximum absolute atomic E-state index is 14.0. The quantitative estimate of drug-likeness (QED) is 0.605. The monoisotopic (exact) mass is 482 g/mol. The van der Waals surface area contributed by atoms with E-state index in [2.05, 4.69) is 21.1 Å². The highest BCUT2D eigenvalue weighted by Gasteiger charge is 2.52. The van der Waals surface area contributed by atoms with Gasteiger partial charge in [-0.2, -0.15) is 13.2 Å². The molecule has 7 atom stereocenters. The smallest absolute Gasteiger partial charge is 0.369 e. The van der Waals surface area contributed by atoms with Crippen LogP contribution in [-0.2, 0) is 16.1 Å². The molecule has 0 aromatic heterocycles. The average Bonchev–Trinajstić information content (AvgIpc) is 3.50. The first-order chi connectivity index (χ1) is 16.5. The molecule has 4 aliphatic rings. The molecule has 0 radical (unpaired) electrons. The third-order valence-electron chi connectivity index (χ3n) is 7.95. The van der Waals surface area contributed by atoms with E-state index >= 15 is 0 Å². The maximum atomic E-state index is 14.0.